The molecule has 1 fully saturated rings. The minimum Gasteiger partial charge on any atom is -0.338 e. The van der Waals surface area contributed by atoms with E-state index in [4.69, 9.17) is 0 Å². The van der Waals surface area contributed by atoms with Crippen LogP contribution < -0.4 is 4.72 Å². The zero-order valence-corrected chi connectivity index (χ0v) is 18.0. The van der Waals surface area contributed by atoms with Gasteiger partial charge < -0.3 is 9.47 Å². The fourth-order valence-electron chi connectivity index (χ4n) is 3.88. The quantitative estimate of drug-likeness (QED) is 0.615. The van der Waals surface area contributed by atoms with Gasteiger partial charge in [-0.3, -0.25) is 4.79 Å². The van der Waals surface area contributed by atoms with Crippen molar-refractivity contribution in [3.8, 4) is 5.69 Å². The van der Waals surface area contributed by atoms with Crippen LogP contribution in [0.5, 0.6) is 0 Å². The predicted molar refractivity (Wildman–Crippen MR) is 119 cm³/mol. The predicted octanol–water partition coefficient (Wildman–Crippen LogP) is 2.84. The van der Waals surface area contributed by atoms with Crippen LogP contribution in [-0.4, -0.2) is 48.4 Å². The van der Waals surface area contributed by atoms with Crippen molar-refractivity contribution >= 4 is 15.9 Å². The summed E-state index contributed by atoms with van der Waals surface area (Å²) >= 11 is 0. The van der Waals surface area contributed by atoms with Crippen molar-refractivity contribution in [2.24, 2.45) is 5.92 Å². The van der Waals surface area contributed by atoms with Crippen LogP contribution in [0.3, 0.4) is 0 Å². The SMILES string of the molecule is O=C(c1ccc(-n2ccnc2)cc1)N1CCC[C@H](CNS(=O)(=O)Cc2ccccc2)C1. The molecule has 1 atom stereocenters. The minimum absolute atomic E-state index is 0.0194. The highest BCUT2D eigenvalue weighted by atomic mass is 32.2. The van der Waals surface area contributed by atoms with Gasteiger partial charge in [0, 0.05) is 43.3 Å². The Kier molecular flexibility index (Phi) is 6.48. The lowest BCUT2D eigenvalue weighted by atomic mass is 9.97. The fourth-order valence-corrected chi connectivity index (χ4v) is 5.10. The van der Waals surface area contributed by atoms with E-state index in [2.05, 4.69) is 9.71 Å². The third-order valence-corrected chi connectivity index (χ3v) is 6.83. The first-order chi connectivity index (χ1) is 15.0. The summed E-state index contributed by atoms with van der Waals surface area (Å²) in [6.45, 7) is 1.59. The van der Waals surface area contributed by atoms with Crippen molar-refractivity contribution in [3.63, 3.8) is 0 Å². The van der Waals surface area contributed by atoms with E-state index < -0.39 is 10.0 Å². The normalized spacial score (nSPS) is 16.9. The fraction of sp³-hybridized carbons (Fsp3) is 0.304. The summed E-state index contributed by atoms with van der Waals surface area (Å²) in [4.78, 5) is 18.8. The summed E-state index contributed by atoms with van der Waals surface area (Å²) in [6.07, 6.45) is 7.04. The van der Waals surface area contributed by atoms with Crippen LogP contribution in [0.15, 0.2) is 73.3 Å². The average Bonchev–Trinajstić information content (AvgIpc) is 3.33. The number of nitrogens with one attached hydrogen (secondary N) is 1. The standard InChI is InChI=1S/C23H26N4O3S/c28-23(21-8-10-22(11-9-21)27-14-12-24-18-27)26-13-4-7-20(16-26)15-25-31(29,30)17-19-5-2-1-3-6-19/h1-3,5-6,8-12,14,18,20,25H,4,7,13,15-17H2/t20-/m1/s1. The maximum Gasteiger partial charge on any atom is 0.253 e. The summed E-state index contributed by atoms with van der Waals surface area (Å²) in [6, 6.07) is 16.6. The minimum atomic E-state index is -3.41. The molecule has 3 aromatic rings. The number of carbonyl (C=O) groups excluding carboxylic acids is 1. The van der Waals surface area contributed by atoms with E-state index >= 15 is 0 Å². The van der Waals surface area contributed by atoms with Crippen LogP contribution in [-0.2, 0) is 15.8 Å². The van der Waals surface area contributed by atoms with Crippen molar-refractivity contribution in [2.75, 3.05) is 19.6 Å². The zero-order valence-electron chi connectivity index (χ0n) is 17.2. The van der Waals surface area contributed by atoms with Gasteiger partial charge in [0.05, 0.1) is 12.1 Å². The number of aromatic nitrogens is 2. The van der Waals surface area contributed by atoms with Crippen molar-refractivity contribution in [3.05, 3.63) is 84.4 Å². The third kappa shape index (κ3) is 5.59. The highest BCUT2D eigenvalue weighted by Gasteiger charge is 2.25. The first-order valence-corrected chi connectivity index (χ1v) is 12.0. The maximum absolute atomic E-state index is 13.0. The molecule has 7 nitrogen and oxygen atoms in total. The van der Waals surface area contributed by atoms with Gasteiger partial charge in [-0.2, -0.15) is 0 Å². The first kappa shape index (κ1) is 21.3. The van der Waals surface area contributed by atoms with Crippen molar-refractivity contribution in [1.29, 1.82) is 0 Å². The van der Waals surface area contributed by atoms with Gasteiger partial charge in [-0.05, 0) is 48.6 Å². The molecular formula is C23H26N4O3S. The van der Waals surface area contributed by atoms with Gasteiger partial charge in [0.1, 0.15) is 0 Å². The van der Waals surface area contributed by atoms with Gasteiger partial charge in [0.15, 0.2) is 0 Å². The number of benzene rings is 2. The molecule has 1 N–H and O–H groups in total. The molecule has 1 amide bonds. The monoisotopic (exact) mass is 438 g/mol. The second-order valence-electron chi connectivity index (χ2n) is 7.87. The molecule has 4 rings (SSSR count). The number of hydrogen-bond donors (Lipinski definition) is 1. The Bertz CT molecular complexity index is 1100. The molecule has 0 unspecified atom stereocenters. The van der Waals surface area contributed by atoms with E-state index in [1.807, 2.05) is 58.1 Å². The lowest BCUT2D eigenvalue weighted by Crippen LogP contribution is -2.43. The van der Waals surface area contributed by atoms with Crippen LogP contribution in [0.1, 0.15) is 28.8 Å². The highest BCUT2D eigenvalue weighted by molar-refractivity contribution is 7.88. The Labute approximate surface area is 182 Å². The van der Waals surface area contributed by atoms with Gasteiger partial charge in [0.2, 0.25) is 10.0 Å². The van der Waals surface area contributed by atoms with Crippen LogP contribution in [0.2, 0.25) is 0 Å². The Morgan fingerprint density at radius 3 is 2.58 bits per heavy atom. The van der Waals surface area contributed by atoms with E-state index in [9.17, 15) is 13.2 Å². The highest BCUT2D eigenvalue weighted by Crippen LogP contribution is 2.19. The topological polar surface area (TPSA) is 84.3 Å². The number of sulfonamides is 1. The number of nitrogens with zero attached hydrogens (tertiary/aromatic N) is 3. The number of carbonyl (C=O) groups is 1. The second kappa shape index (κ2) is 9.45. The molecule has 31 heavy (non-hydrogen) atoms. The van der Waals surface area contributed by atoms with Crippen LogP contribution in [0.25, 0.3) is 5.69 Å². The summed E-state index contributed by atoms with van der Waals surface area (Å²) in [5, 5.41) is 0. The van der Waals surface area contributed by atoms with E-state index in [1.165, 1.54) is 0 Å². The average molecular weight is 439 g/mol. The Morgan fingerprint density at radius 2 is 1.87 bits per heavy atom. The molecule has 1 aromatic heterocycles. The van der Waals surface area contributed by atoms with Crippen LogP contribution in [0, 0.1) is 5.92 Å². The molecule has 0 bridgehead atoms. The Hall–Kier alpha value is -2.97. The molecule has 0 radical (unpaired) electrons. The largest absolute Gasteiger partial charge is 0.338 e. The second-order valence-corrected chi connectivity index (χ2v) is 9.68. The third-order valence-electron chi connectivity index (χ3n) is 5.51. The molecule has 1 aliphatic rings. The number of piperidine rings is 1. The molecule has 0 aliphatic carbocycles. The van der Waals surface area contributed by atoms with E-state index in [-0.39, 0.29) is 17.6 Å². The summed E-state index contributed by atoms with van der Waals surface area (Å²) < 4.78 is 29.4. The molecule has 1 saturated heterocycles. The van der Waals surface area contributed by atoms with Gasteiger partial charge >= 0.3 is 0 Å². The smallest absolute Gasteiger partial charge is 0.253 e. The van der Waals surface area contributed by atoms with Crippen molar-refractivity contribution < 1.29 is 13.2 Å². The van der Waals surface area contributed by atoms with Gasteiger partial charge in [-0.25, -0.2) is 18.1 Å². The Morgan fingerprint density at radius 1 is 1.10 bits per heavy atom. The molecule has 0 spiro atoms. The molecule has 2 heterocycles. The first-order valence-electron chi connectivity index (χ1n) is 10.4. The maximum atomic E-state index is 13.0. The number of amides is 1. The van der Waals surface area contributed by atoms with Gasteiger partial charge in [-0.1, -0.05) is 30.3 Å². The molecule has 0 saturated carbocycles. The van der Waals surface area contributed by atoms with E-state index in [1.54, 1.807) is 24.7 Å². The Balaban J connectivity index is 1.33. The molecule has 2 aromatic carbocycles. The zero-order chi connectivity index (χ0) is 21.7. The molecular weight excluding hydrogens is 412 g/mol. The molecule has 1 aliphatic heterocycles. The lowest BCUT2D eigenvalue weighted by Gasteiger charge is -2.33. The van der Waals surface area contributed by atoms with Crippen LogP contribution in [0.4, 0.5) is 0 Å². The molecule has 8 heteroatoms. The molecule has 162 valence electrons. The van der Waals surface area contributed by atoms with Crippen LogP contribution >= 0.6 is 0 Å². The summed E-state index contributed by atoms with van der Waals surface area (Å²) in [5.74, 6) is 0.0504. The number of imidazole rings is 1. The summed E-state index contributed by atoms with van der Waals surface area (Å²) in [5.41, 5.74) is 2.34. The van der Waals surface area contributed by atoms with E-state index in [0.717, 1.165) is 24.1 Å². The number of hydrogen-bond acceptors (Lipinski definition) is 4. The lowest BCUT2D eigenvalue weighted by molar-refractivity contribution is 0.0676. The van der Waals surface area contributed by atoms with Gasteiger partial charge in [-0.15, -0.1) is 0 Å². The number of rotatable bonds is 7. The number of likely N-dealkylation sites (tertiary alicyclic amines) is 1. The van der Waals surface area contributed by atoms with Gasteiger partial charge in [0.25, 0.3) is 5.91 Å². The van der Waals surface area contributed by atoms with Crippen molar-refractivity contribution in [2.45, 2.75) is 18.6 Å². The van der Waals surface area contributed by atoms with Crippen molar-refractivity contribution in [1.82, 2.24) is 19.2 Å². The van der Waals surface area contributed by atoms with E-state index in [0.29, 0.717) is 25.2 Å². The summed E-state index contributed by atoms with van der Waals surface area (Å²) in [7, 11) is -3.41.